The zero-order valence-corrected chi connectivity index (χ0v) is 14.0. The molecule has 0 saturated carbocycles. The summed E-state index contributed by atoms with van der Waals surface area (Å²) in [5.74, 6) is -0.322. The molecule has 4 nitrogen and oxygen atoms in total. The van der Waals surface area contributed by atoms with Crippen LogP contribution in [0, 0.1) is 0 Å². The lowest BCUT2D eigenvalue weighted by Gasteiger charge is -2.22. The van der Waals surface area contributed by atoms with Crippen molar-refractivity contribution < 1.29 is 22.7 Å². The summed E-state index contributed by atoms with van der Waals surface area (Å²) in [7, 11) is 1.20. The SMILES string of the molecule is COC(=O)c1cc2c(C(F)(F)F)cc(N3CCCCCC3)nc2s1. The topological polar surface area (TPSA) is 42.4 Å². The van der Waals surface area contributed by atoms with E-state index < -0.39 is 17.7 Å². The van der Waals surface area contributed by atoms with Gasteiger partial charge in [-0.2, -0.15) is 13.2 Å². The van der Waals surface area contributed by atoms with Crippen LogP contribution in [-0.4, -0.2) is 31.2 Å². The lowest BCUT2D eigenvalue weighted by Crippen LogP contribution is -2.25. The van der Waals surface area contributed by atoms with Gasteiger partial charge in [0.2, 0.25) is 0 Å². The third-order valence-electron chi connectivity index (χ3n) is 4.11. The number of esters is 1. The minimum atomic E-state index is -4.50. The van der Waals surface area contributed by atoms with Crippen LogP contribution in [0.1, 0.15) is 40.9 Å². The number of anilines is 1. The molecular formula is C16H17F3N2O2S. The summed E-state index contributed by atoms with van der Waals surface area (Å²) in [5.41, 5.74) is -0.752. The number of rotatable bonds is 2. The molecule has 0 aromatic carbocycles. The van der Waals surface area contributed by atoms with Crippen LogP contribution in [0.2, 0.25) is 0 Å². The molecule has 0 N–H and O–H groups in total. The summed E-state index contributed by atoms with van der Waals surface area (Å²) >= 11 is 0.931. The van der Waals surface area contributed by atoms with E-state index in [0.717, 1.165) is 43.1 Å². The zero-order valence-electron chi connectivity index (χ0n) is 13.2. The van der Waals surface area contributed by atoms with E-state index in [2.05, 4.69) is 9.72 Å². The quantitative estimate of drug-likeness (QED) is 0.742. The first-order valence-corrected chi connectivity index (χ1v) is 8.57. The molecule has 0 spiro atoms. The summed E-state index contributed by atoms with van der Waals surface area (Å²) in [4.78, 5) is 18.3. The van der Waals surface area contributed by atoms with Gasteiger partial charge >= 0.3 is 12.1 Å². The van der Waals surface area contributed by atoms with E-state index in [4.69, 9.17) is 0 Å². The zero-order chi connectivity index (χ0) is 17.3. The average molecular weight is 358 g/mol. The molecule has 0 aliphatic carbocycles. The molecule has 0 bridgehead atoms. The summed E-state index contributed by atoms with van der Waals surface area (Å²) < 4.78 is 45.0. The van der Waals surface area contributed by atoms with Crippen molar-refractivity contribution in [1.29, 1.82) is 0 Å². The van der Waals surface area contributed by atoms with E-state index in [1.165, 1.54) is 13.2 Å². The van der Waals surface area contributed by atoms with E-state index in [9.17, 15) is 18.0 Å². The number of aromatic nitrogens is 1. The second-order valence-electron chi connectivity index (χ2n) is 5.75. The fraction of sp³-hybridized carbons (Fsp3) is 0.500. The second-order valence-corrected chi connectivity index (χ2v) is 6.78. The Morgan fingerprint density at radius 2 is 1.88 bits per heavy atom. The molecule has 1 saturated heterocycles. The first-order chi connectivity index (χ1) is 11.4. The first kappa shape index (κ1) is 17.0. The minimum absolute atomic E-state index is 0.0496. The lowest BCUT2D eigenvalue weighted by atomic mass is 10.1. The maximum atomic E-state index is 13.5. The highest BCUT2D eigenvalue weighted by molar-refractivity contribution is 7.20. The summed E-state index contributed by atoms with van der Waals surface area (Å²) in [6.45, 7) is 1.40. The van der Waals surface area contributed by atoms with Crippen molar-refractivity contribution in [1.82, 2.24) is 4.98 Å². The number of nitrogens with zero attached hydrogens (tertiary/aromatic N) is 2. The second kappa shape index (κ2) is 6.58. The molecule has 0 unspecified atom stereocenters. The van der Waals surface area contributed by atoms with Crippen LogP contribution in [0.25, 0.3) is 10.2 Å². The number of halogens is 3. The molecule has 3 heterocycles. The Kier molecular flexibility index (Phi) is 4.67. The molecule has 2 aromatic rings. The van der Waals surface area contributed by atoms with Crippen molar-refractivity contribution in [3.63, 3.8) is 0 Å². The third-order valence-corrected chi connectivity index (χ3v) is 5.12. The Labute approximate surface area is 141 Å². The standard InChI is InChI=1S/C16H17F3N2O2S/c1-23-15(22)12-8-10-11(16(17,18)19)9-13(20-14(10)24-12)21-6-4-2-3-5-7-21/h8-9H,2-7H2,1H3. The van der Waals surface area contributed by atoms with Crippen molar-refractivity contribution in [2.45, 2.75) is 31.9 Å². The fourth-order valence-electron chi connectivity index (χ4n) is 2.90. The summed E-state index contributed by atoms with van der Waals surface area (Å²) in [5, 5.41) is -0.0496. The van der Waals surface area contributed by atoms with Crippen LogP contribution in [0.15, 0.2) is 12.1 Å². The van der Waals surface area contributed by atoms with Crippen molar-refractivity contribution in [3.8, 4) is 0 Å². The van der Waals surface area contributed by atoms with Gasteiger partial charge in [-0.15, -0.1) is 11.3 Å². The predicted octanol–water partition coefficient (Wildman–Crippen LogP) is 4.48. The van der Waals surface area contributed by atoms with Gasteiger partial charge in [0.05, 0.1) is 12.7 Å². The number of carbonyl (C=O) groups is 1. The predicted molar refractivity (Wildman–Crippen MR) is 86.6 cm³/mol. The van der Waals surface area contributed by atoms with Crippen LogP contribution in [-0.2, 0) is 10.9 Å². The van der Waals surface area contributed by atoms with E-state index in [1.807, 2.05) is 4.90 Å². The van der Waals surface area contributed by atoms with Crippen LogP contribution >= 0.6 is 11.3 Å². The normalized spacial score (nSPS) is 16.2. The van der Waals surface area contributed by atoms with E-state index in [-0.39, 0.29) is 15.1 Å². The Hall–Kier alpha value is -1.83. The Bertz CT molecular complexity index is 750. The number of pyridine rings is 1. The molecule has 0 atom stereocenters. The van der Waals surface area contributed by atoms with Gasteiger partial charge in [0, 0.05) is 18.5 Å². The number of hydrogen-bond acceptors (Lipinski definition) is 5. The number of ether oxygens (including phenoxy) is 1. The number of carbonyl (C=O) groups excluding carboxylic acids is 1. The lowest BCUT2D eigenvalue weighted by molar-refractivity contribution is -0.136. The molecule has 0 radical (unpaired) electrons. The van der Waals surface area contributed by atoms with Gasteiger partial charge in [0.1, 0.15) is 15.5 Å². The van der Waals surface area contributed by atoms with Crippen molar-refractivity contribution >= 4 is 33.3 Å². The number of fused-ring (bicyclic) bond motifs is 1. The van der Waals surface area contributed by atoms with Gasteiger partial charge in [-0.3, -0.25) is 0 Å². The van der Waals surface area contributed by atoms with Crippen LogP contribution in [0.4, 0.5) is 19.0 Å². The molecule has 0 amide bonds. The van der Waals surface area contributed by atoms with E-state index in [1.54, 1.807) is 0 Å². The number of thiophene rings is 1. The molecular weight excluding hydrogens is 341 g/mol. The van der Waals surface area contributed by atoms with Gasteiger partial charge in [-0.25, -0.2) is 9.78 Å². The van der Waals surface area contributed by atoms with E-state index in [0.29, 0.717) is 18.9 Å². The third kappa shape index (κ3) is 3.33. The summed E-state index contributed by atoms with van der Waals surface area (Å²) in [6.07, 6.45) is -0.458. The molecule has 3 rings (SSSR count). The minimum Gasteiger partial charge on any atom is -0.465 e. The highest BCUT2D eigenvalue weighted by Gasteiger charge is 2.35. The van der Waals surface area contributed by atoms with Gasteiger partial charge in [0.25, 0.3) is 0 Å². The maximum absolute atomic E-state index is 13.5. The Morgan fingerprint density at radius 1 is 1.21 bits per heavy atom. The highest BCUT2D eigenvalue weighted by Crippen LogP contribution is 2.39. The molecule has 24 heavy (non-hydrogen) atoms. The average Bonchev–Trinajstić information content (AvgIpc) is 2.78. The van der Waals surface area contributed by atoms with E-state index >= 15 is 0 Å². The van der Waals surface area contributed by atoms with Crippen LogP contribution < -0.4 is 4.90 Å². The Morgan fingerprint density at radius 3 is 2.46 bits per heavy atom. The van der Waals surface area contributed by atoms with Crippen molar-refractivity contribution in [2.75, 3.05) is 25.1 Å². The highest BCUT2D eigenvalue weighted by atomic mass is 32.1. The maximum Gasteiger partial charge on any atom is 0.417 e. The van der Waals surface area contributed by atoms with Gasteiger partial charge in [-0.1, -0.05) is 12.8 Å². The fourth-order valence-corrected chi connectivity index (χ4v) is 3.87. The van der Waals surface area contributed by atoms with Crippen LogP contribution in [0.5, 0.6) is 0 Å². The van der Waals surface area contributed by atoms with Gasteiger partial charge < -0.3 is 9.64 Å². The van der Waals surface area contributed by atoms with Crippen LogP contribution in [0.3, 0.4) is 0 Å². The van der Waals surface area contributed by atoms with Gasteiger partial charge in [-0.05, 0) is 25.0 Å². The smallest absolute Gasteiger partial charge is 0.417 e. The van der Waals surface area contributed by atoms with Gasteiger partial charge in [0.15, 0.2) is 0 Å². The summed E-state index contributed by atoms with van der Waals surface area (Å²) in [6, 6.07) is 2.31. The van der Waals surface area contributed by atoms with Crippen molar-refractivity contribution in [2.24, 2.45) is 0 Å². The van der Waals surface area contributed by atoms with Crippen molar-refractivity contribution in [3.05, 3.63) is 22.6 Å². The largest absolute Gasteiger partial charge is 0.465 e. The molecule has 1 aliphatic rings. The molecule has 1 aliphatic heterocycles. The number of methoxy groups -OCH3 is 1. The number of hydrogen-bond donors (Lipinski definition) is 0. The molecule has 2 aromatic heterocycles. The molecule has 8 heteroatoms. The molecule has 1 fully saturated rings. The molecule has 130 valence electrons. The number of alkyl halides is 3. The Balaban J connectivity index is 2.12. The first-order valence-electron chi connectivity index (χ1n) is 7.75. The monoisotopic (exact) mass is 358 g/mol.